The Morgan fingerprint density at radius 3 is 2.54 bits per heavy atom. The van der Waals surface area contributed by atoms with Crippen LogP contribution in [0.4, 0.5) is 13.2 Å². The second-order valence-corrected chi connectivity index (χ2v) is 6.61. The van der Waals surface area contributed by atoms with Crippen LogP contribution in [-0.4, -0.2) is 35.4 Å². The smallest absolute Gasteiger partial charge is 0.416 e. The number of pyridine rings is 1. The predicted molar refractivity (Wildman–Crippen MR) is 101 cm³/mol. The Bertz CT molecular complexity index is 988. The van der Waals surface area contributed by atoms with Gasteiger partial charge >= 0.3 is 6.18 Å². The molecule has 0 aliphatic rings. The average Bonchev–Trinajstić information content (AvgIpc) is 3.04. The summed E-state index contributed by atoms with van der Waals surface area (Å²) in [6.07, 6.45) is -2.13. The maximum Gasteiger partial charge on any atom is 0.416 e. The van der Waals surface area contributed by atoms with Crippen LogP contribution in [0.3, 0.4) is 0 Å². The van der Waals surface area contributed by atoms with Gasteiger partial charge in [-0.1, -0.05) is 24.6 Å². The summed E-state index contributed by atoms with van der Waals surface area (Å²) in [5.41, 5.74) is 1.17. The van der Waals surface area contributed by atoms with Gasteiger partial charge in [0.2, 0.25) is 0 Å². The molecule has 2 aromatic heterocycles. The summed E-state index contributed by atoms with van der Waals surface area (Å²) in [6.45, 7) is 2.47. The molecule has 3 rings (SSSR count). The molecule has 0 amide bonds. The SMILES string of the molecule is CCC(COC)n1c(OC)nc2c(-c3ccc(C(F)(F)F)cc3Cl)nccc21. The van der Waals surface area contributed by atoms with E-state index in [0.29, 0.717) is 29.4 Å². The third-order valence-electron chi connectivity index (χ3n) is 4.51. The summed E-state index contributed by atoms with van der Waals surface area (Å²) in [7, 11) is 3.12. The topological polar surface area (TPSA) is 49.2 Å². The highest BCUT2D eigenvalue weighted by atomic mass is 35.5. The van der Waals surface area contributed by atoms with Gasteiger partial charge < -0.3 is 9.47 Å². The minimum Gasteiger partial charge on any atom is -0.468 e. The van der Waals surface area contributed by atoms with Crippen molar-refractivity contribution in [2.75, 3.05) is 20.8 Å². The summed E-state index contributed by atoms with van der Waals surface area (Å²) in [5.74, 6) is 0. The summed E-state index contributed by atoms with van der Waals surface area (Å²) in [5, 5.41) is -0.0488. The van der Waals surface area contributed by atoms with Crippen molar-refractivity contribution in [1.82, 2.24) is 14.5 Å². The Morgan fingerprint density at radius 1 is 1.21 bits per heavy atom. The highest BCUT2D eigenvalue weighted by Gasteiger charge is 2.31. The van der Waals surface area contributed by atoms with Gasteiger partial charge in [0.1, 0.15) is 5.52 Å². The molecule has 1 atom stereocenters. The molecule has 2 heterocycles. The monoisotopic (exact) mass is 413 g/mol. The third kappa shape index (κ3) is 3.66. The van der Waals surface area contributed by atoms with Crippen molar-refractivity contribution in [3.05, 3.63) is 41.0 Å². The van der Waals surface area contributed by atoms with Crippen LogP contribution in [0.2, 0.25) is 5.02 Å². The molecule has 5 nitrogen and oxygen atoms in total. The van der Waals surface area contributed by atoms with Gasteiger partial charge in [-0.15, -0.1) is 0 Å². The molecule has 0 fully saturated rings. The number of ether oxygens (including phenoxy) is 2. The lowest BCUT2D eigenvalue weighted by Crippen LogP contribution is -2.14. The number of hydrogen-bond acceptors (Lipinski definition) is 4. The third-order valence-corrected chi connectivity index (χ3v) is 4.82. The van der Waals surface area contributed by atoms with Crippen molar-refractivity contribution >= 4 is 22.6 Å². The molecule has 0 aliphatic carbocycles. The van der Waals surface area contributed by atoms with Crippen LogP contribution in [0.1, 0.15) is 24.9 Å². The highest BCUT2D eigenvalue weighted by molar-refractivity contribution is 6.33. The van der Waals surface area contributed by atoms with Crippen LogP contribution in [0.15, 0.2) is 30.5 Å². The number of alkyl halides is 3. The molecular weight excluding hydrogens is 395 g/mol. The van der Waals surface area contributed by atoms with Crippen molar-refractivity contribution < 1.29 is 22.6 Å². The molecule has 0 saturated heterocycles. The Kier molecular flexibility index (Phi) is 5.81. The van der Waals surface area contributed by atoms with E-state index >= 15 is 0 Å². The average molecular weight is 414 g/mol. The lowest BCUT2D eigenvalue weighted by molar-refractivity contribution is -0.137. The van der Waals surface area contributed by atoms with Crippen LogP contribution in [0.5, 0.6) is 6.01 Å². The summed E-state index contributed by atoms with van der Waals surface area (Å²) in [6, 6.07) is 5.32. The molecule has 0 aliphatic heterocycles. The zero-order valence-electron chi connectivity index (χ0n) is 15.5. The van der Waals surface area contributed by atoms with Crippen molar-refractivity contribution in [2.45, 2.75) is 25.6 Å². The summed E-state index contributed by atoms with van der Waals surface area (Å²) >= 11 is 6.16. The Morgan fingerprint density at radius 2 is 1.96 bits per heavy atom. The van der Waals surface area contributed by atoms with E-state index in [9.17, 15) is 13.2 Å². The number of methoxy groups -OCH3 is 2. The van der Waals surface area contributed by atoms with E-state index in [1.54, 1.807) is 19.4 Å². The van der Waals surface area contributed by atoms with Crippen LogP contribution >= 0.6 is 11.6 Å². The first-order chi connectivity index (χ1) is 13.3. The van der Waals surface area contributed by atoms with E-state index in [4.69, 9.17) is 21.1 Å². The van der Waals surface area contributed by atoms with Crippen LogP contribution in [-0.2, 0) is 10.9 Å². The highest BCUT2D eigenvalue weighted by Crippen LogP contribution is 2.38. The first kappa shape index (κ1) is 20.4. The molecule has 0 spiro atoms. The first-order valence-electron chi connectivity index (χ1n) is 8.58. The van der Waals surface area contributed by atoms with E-state index < -0.39 is 11.7 Å². The normalized spacial score (nSPS) is 13.1. The fraction of sp³-hybridized carbons (Fsp3) is 0.368. The van der Waals surface area contributed by atoms with Gasteiger partial charge in [-0.25, -0.2) is 0 Å². The molecule has 150 valence electrons. The molecule has 28 heavy (non-hydrogen) atoms. The second kappa shape index (κ2) is 7.97. The van der Waals surface area contributed by atoms with E-state index in [-0.39, 0.29) is 11.1 Å². The molecule has 0 N–H and O–H groups in total. The van der Waals surface area contributed by atoms with E-state index in [2.05, 4.69) is 9.97 Å². The van der Waals surface area contributed by atoms with Crippen molar-refractivity contribution in [1.29, 1.82) is 0 Å². The van der Waals surface area contributed by atoms with Gasteiger partial charge in [0.25, 0.3) is 6.01 Å². The Labute approximate surface area is 165 Å². The number of aromatic nitrogens is 3. The molecular formula is C19H19ClF3N3O2. The maximum atomic E-state index is 12.9. The van der Waals surface area contributed by atoms with Gasteiger partial charge in [-0.3, -0.25) is 9.55 Å². The van der Waals surface area contributed by atoms with Gasteiger partial charge in [-0.2, -0.15) is 18.2 Å². The van der Waals surface area contributed by atoms with Gasteiger partial charge in [0.15, 0.2) is 0 Å². The number of nitrogens with zero attached hydrogens (tertiary/aromatic N) is 3. The number of hydrogen-bond donors (Lipinski definition) is 0. The molecule has 0 saturated carbocycles. The number of imidazole rings is 1. The summed E-state index contributed by atoms with van der Waals surface area (Å²) in [4.78, 5) is 8.83. The minimum atomic E-state index is -4.47. The minimum absolute atomic E-state index is 0.0247. The van der Waals surface area contributed by atoms with Crippen LogP contribution < -0.4 is 4.74 Å². The second-order valence-electron chi connectivity index (χ2n) is 6.21. The first-order valence-corrected chi connectivity index (χ1v) is 8.96. The van der Waals surface area contributed by atoms with Crippen molar-refractivity contribution in [3.63, 3.8) is 0 Å². The zero-order chi connectivity index (χ0) is 20.5. The fourth-order valence-electron chi connectivity index (χ4n) is 3.15. The van der Waals surface area contributed by atoms with E-state index in [1.807, 2.05) is 11.5 Å². The Balaban J connectivity index is 2.20. The number of fused-ring (bicyclic) bond motifs is 1. The quantitative estimate of drug-likeness (QED) is 0.544. The summed E-state index contributed by atoms with van der Waals surface area (Å²) < 4.78 is 51.5. The Hall–Kier alpha value is -2.32. The van der Waals surface area contributed by atoms with E-state index in [1.165, 1.54) is 13.2 Å². The predicted octanol–water partition coefficient (Wildman–Crippen LogP) is 5.38. The molecule has 1 aromatic carbocycles. The van der Waals surface area contributed by atoms with Crippen LogP contribution in [0.25, 0.3) is 22.3 Å². The van der Waals surface area contributed by atoms with Gasteiger partial charge in [0.05, 0.1) is 41.6 Å². The number of rotatable bonds is 6. The lowest BCUT2D eigenvalue weighted by atomic mass is 10.1. The van der Waals surface area contributed by atoms with Gasteiger partial charge in [-0.05, 0) is 24.6 Å². The van der Waals surface area contributed by atoms with Crippen molar-refractivity contribution in [2.24, 2.45) is 0 Å². The van der Waals surface area contributed by atoms with E-state index in [0.717, 1.165) is 24.1 Å². The molecule has 0 bridgehead atoms. The number of halogens is 4. The standard InChI is InChI=1S/C19H19ClF3N3O2/c1-4-12(10-27-2)26-15-7-8-24-16(17(15)25-18(26)28-3)13-6-5-11(9-14(13)20)19(21,22)23/h5-9,12H,4,10H2,1-3H3. The molecule has 1 unspecified atom stereocenters. The van der Waals surface area contributed by atoms with Gasteiger partial charge in [0, 0.05) is 18.9 Å². The zero-order valence-corrected chi connectivity index (χ0v) is 16.3. The van der Waals surface area contributed by atoms with Crippen molar-refractivity contribution in [3.8, 4) is 17.3 Å². The molecule has 3 aromatic rings. The molecule has 9 heteroatoms. The lowest BCUT2D eigenvalue weighted by Gasteiger charge is -2.18. The van der Waals surface area contributed by atoms with Crippen LogP contribution in [0, 0.1) is 0 Å². The largest absolute Gasteiger partial charge is 0.468 e. The maximum absolute atomic E-state index is 12.9. The molecule has 0 radical (unpaired) electrons. The number of benzene rings is 1. The fourth-order valence-corrected chi connectivity index (χ4v) is 3.42.